The summed E-state index contributed by atoms with van der Waals surface area (Å²) in [5, 5.41) is 11.9. The van der Waals surface area contributed by atoms with E-state index in [9.17, 15) is 9.59 Å². The Labute approximate surface area is 161 Å². The SMILES string of the molecule is N#Cc1cccc(C(=O)N2Cc3cncn3[C@H](C(=O)NCc3ccco3)C2)c1. The molecule has 1 N–H and O–H groups in total. The highest BCUT2D eigenvalue weighted by atomic mass is 16.3. The number of nitrogens with one attached hydrogen (secondary N) is 1. The van der Waals surface area contributed by atoms with Crippen molar-refractivity contribution >= 4 is 11.8 Å². The molecule has 0 fully saturated rings. The van der Waals surface area contributed by atoms with E-state index in [4.69, 9.17) is 9.68 Å². The van der Waals surface area contributed by atoms with Gasteiger partial charge < -0.3 is 19.2 Å². The molecule has 2 aromatic heterocycles. The number of hydrogen-bond donors (Lipinski definition) is 1. The zero-order valence-corrected chi connectivity index (χ0v) is 14.9. The Morgan fingerprint density at radius 3 is 3.00 bits per heavy atom. The number of nitrogens with zero attached hydrogens (tertiary/aromatic N) is 4. The predicted molar refractivity (Wildman–Crippen MR) is 97.7 cm³/mol. The molecule has 1 aliphatic rings. The van der Waals surface area contributed by atoms with Gasteiger partial charge in [-0.15, -0.1) is 0 Å². The molecule has 1 aromatic carbocycles. The molecule has 4 rings (SSSR count). The van der Waals surface area contributed by atoms with Gasteiger partial charge in [-0.05, 0) is 30.3 Å². The van der Waals surface area contributed by atoms with E-state index in [1.54, 1.807) is 64.7 Å². The average molecular weight is 375 g/mol. The lowest BCUT2D eigenvalue weighted by Gasteiger charge is -2.33. The first-order valence-corrected chi connectivity index (χ1v) is 8.76. The minimum atomic E-state index is -0.593. The quantitative estimate of drug-likeness (QED) is 0.749. The number of fused-ring (bicyclic) bond motifs is 1. The van der Waals surface area contributed by atoms with E-state index in [0.29, 0.717) is 23.4 Å². The van der Waals surface area contributed by atoms with Gasteiger partial charge in [0.15, 0.2) is 0 Å². The fraction of sp³-hybridized carbons (Fsp3) is 0.200. The van der Waals surface area contributed by atoms with Crippen LogP contribution in [0.25, 0.3) is 0 Å². The number of benzene rings is 1. The van der Waals surface area contributed by atoms with Crippen molar-refractivity contribution in [1.82, 2.24) is 19.8 Å². The van der Waals surface area contributed by atoms with Crippen molar-refractivity contribution in [3.63, 3.8) is 0 Å². The molecule has 0 saturated heterocycles. The second-order valence-electron chi connectivity index (χ2n) is 6.48. The summed E-state index contributed by atoms with van der Waals surface area (Å²) in [5.74, 6) is 0.198. The summed E-state index contributed by atoms with van der Waals surface area (Å²) in [6.45, 7) is 0.824. The normalized spacial score (nSPS) is 15.5. The average Bonchev–Trinajstić information content (AvgIpc) is 3.42. The highest BCUT2D eigenvalue weighted by Crippen LogP contribution is 2.23. The molecular formula is C20H17N5O3. The zero-order valence-electron chi connectivity index (χ0n) is 14.9. The Bertz CT molecular complexity index is 1050. The number of nitriles is 1. The van der Waals surface area contributed by atoms with Crippen molar-refractivity contribution in [2.75, 3.05) is 6.54 Å². The summed E-state index contributed by atoms with van der Waals surface area (Å²) in [7, 11) is 0. The highest BCUT2D eigenvalue weighted by Gasteiger charge is 2.32. The fourth-order valence-electron chi connectivity index (χ4n) is 3.27. The Morgan fingerprint density at radius 1 is 1.32 bits per heavy atom. The Kier molecular flexibility index (Phi) is 4.64. The molecule has 2 amide bonds. The van der Waals surface area contributed by atoms with E-state index in [-0.39, 0.29) is 24.9 Å². The molecule has 140 valence electrons. The van der Waals surface area contributed by atoms with Crippen molar-refractivity contribution in [1.29, 1.82) is 5.26 Å². The molecule has 0 aliphatic carbocycles. The van der Waals surface area contributed by atoms with Crippen LogP contribution in [-0.2, 0) is 17.9 Å². The van der Waals surface area contributed by atoms with Crippen molar-refractivity contribution in [3.05, 3.63) is 77.8 Å². The maximum atomic E-state index is 13.0. The molecule has 0 bridgehead atoms. The van der Waals surface area contributed by atoms with Crippen LogP contribution in [0.15, 0.2) is 59.6 Å². The molecule has 8 heteroatoms. The van der Waals surface area contributed by atoms with Gasteiger partial charge in [-0.2, -0.15) is 5.26 Å². The lowest BCUT2D eigenvalue weighted by atomic mass is 10.1. The first-order chi connectivity index (χ1) is 13.7. The highest BCUT2D eigenvalue weighted by molar-refractivity contribution is 5.95. The van der Waals surface area contributed by atoms with E-state index >= 15 is 0 Å². The maximum Gasteiger partial charge on any atom is 0.254 e. The molecule has 28 heavy (non-hydrogen) atoms. The number of aromatic nitrogens is 2. The van der Waals surface area contributed by atoms with Crippen molar-refractivity contribution in [2.45, 2.75) is 19.1 Å². The number of carbonyl (C=O) groups excluding carboxylic acids is 2. The van der Waals surface area contributed by atoms with Crippen LogP contribution in [0.1, 0.15) is 33.4 Å². The first kappa shape index (κ1) is 17.5. The minimum Gasteiger partial charge on any atom is -0.467 e. The molecule has 3 aromatic rings. The molecule has 8 nitrogen and oxygen atoms in total. The maximum absolute atomic E-state index is 13.0. The van der Waals surface area contributed by atoms with Gasteiger partial charge in [0.05, 0.1) is 49.6 Å². The van der Waals surface area contributed by atoms with Crippen LogP contribution < -0.4 is 5.32 Å². The van der Waals surface area contributed by atoms with Crippen LogP contribution in [0.4, 0.5) is 0 Å². The summed E-state index contributed by atoms with van der Waals surface area (Å²) < 4.78 is 7.02. The minimum absolute atomic E-state index is 0.211. The lowest BCUT2D eigenvalue weighted by molar-refractivity contribution is -0.125. The smallest absolute Gasteiger partial charge is 0.254 e. The van der Waals surface area contributed by atoms with Gasteiger partial charge in [0.2, 0.25) is 5.91 Å². The standard InChI is InChI=1S/C20H17N5O3/c21-8-14-3-1-4-15(7-14)20(27)24-11-16-9-22-13-25(16)18(12-24)19(26)23-10-17-5-2-6-28-17/h1-7,9,13,18H,10-12H2,(H,23,26)/t18-/m0/s1. The van der Waals surface area contributed by atoms with Crippen LogP contribution in [0.5, 0.6) is 0 Å². The van der Waals surface area contributed by atoms with Crippen molar-refractivity contribution in [3.8, 4) is 6.07 Å². The number of furan rings is 1. The summed E-state index contributed by atoms with van der Waals surface area (Å²) in [6.07, 6.45) is 4.80. The van der Waals surface area contributed by atoms with Crippen LogP contribution in [0.3, 0.4) is 0 Å². The topological polar surface area (TPSA) is 104 Å². The number of imidazole rings is 1. The van der Waals surface area contributed by atoms with Gasteiger partial charge in [-0.1, -0.05) is 6.07 Å². The summed E-state index contributed by atoms with van der Waals surface area (Å²) >= 11 is 0. The fourth-order valence-corrected chi connectivity index (χ4v) is 3.27. The Balaban J connectivity index is 1.54. The largest absolute Gasteiger partial charge is 0.467 e. The molecule has 0 radical (unpaired) electrons. The molecule has 0 spiro atoms. The van der Waals surface area contributed by atoms with Gasteiger partial charge in [-0.3, -0.25) is 9.59 Å². The van der Waals surface area contributed by atoms with E-state index in [2.05, 4.69) is 10.3 Å². The van der Waals surface area contributed by atoms with Gasteiger partial charge in [0.25, 0.3) is 5.91 Å². The van der Waals surface area contributed by atoms with E-state index in [0.717, 1.165) is 5.69 Å². The Hall–Kier alpha value is -3.86. The van der Waals surface area contributed by atoms with Crippen LogP contribution >= 0.6 is 0 Å². The van der Waals surface area contributed by atoms with Gasteiger partial charge in [0.1, 0.15) is 11.8 Å². The van der Waals surface area contributed by atoms with Crippen LogP contribution in [0.2, 0.25) is 0 Å². The third-order valence-corrected chi connectivity index (χ3v) is 4.67. The summed E-state index contributed by atoms with van der Waals surface area (Å²) in [6, 6.07) is 11.5. The predicted octanol–water partition coefficient (Wildman–Crippen LogP) is 1.86. The second kappa shape index (κ2) is 7.40. The monoisotopic (exact) mass is 375 g/mol. The zero-order chi connectivity index (χ0) is 19.5. The Morgan fingerprint density at radius 2 is 2.21 bits per heavy atom. The van der Waals surface area contributed by atoms with Crippen molar-refractivity contribution in [2.24, 2.45) is 0 Å². The van der Waals surface area contributed by atoms with E-state index < -0.39 is 6.04 Å². The lowest BCUT2D eigenvalue weighted by Crippen LogP contribution is -2.46. The van der Waals surface area contributed by atoms with Crippen molar-refractivity contribution < 1.29 is 14.0 Å². The number of amides is 2. The van der Waals surface area contributed by atoms with Gasteiger partial charge >= 0.3 is 0 Å². The van der Waals surface area contributed by atoms with Gasteiger partial charge in [0, 0.05) is 11.8 Å². The molecule has 1 atom stereocenters. The van der Waals surface area contributed by atoms with Crippen LogP contribution in [-0.4, -0.2) is 32.8 Å². The van der Waals surface area contributed by atoms with E-state index in [1.165, 1.54) is 0 Å². The molecule has 3 heterocycles. The molecule has 0 saturated carbocycles. The van der Waals surface area contributed by atoms with Gasteiger partial charge in [-0.25, -0.2) is 4.98 Å². The van der Waals surface area contributed by atoms with Crippen LogP contribution in [0, 0.1) is 11.3 Å². The van der Waals surface area contributed by atoms with E-state index in [1.807, 2.05) is 6.07 Å². The molecular weight excluding hydrogens is 358 g/mol. The third-order valence-electron chi connectivity index (χ3n) is 4.67. The molecule has 0 unspecified atom stereocenters. The molecule has 1 aliphatic heterocycles. The number of carbonyl (C=O) groups is 2. The second-order valence-corrected chi connectivity index (χ2v) is 6.48. The summed E-state index contributed by atoms with van der Waals surface area (Å²) in [5.41, 5.74) is 1.61. The summed E-state index contributed by atoms with van der Waals surface area (Å²) in [4.78, 5) is 31.5. The number of rotatable bonds is 4. The number of hydrogen-bond acceptors (Lipinski definition) is 5. The first-order valence-electron chi connectivity index (χ1n) is 8.76. The third kappa shape index (κ3) is 3.38.